The van der Waals surface area contributed by atoms with E-state index in [-0.39, 0.29) is 5.91 Å². The maximum absolute atomic E-state index is 11.9. The lowest BCUT2D eigenvalue weighted by molar-refractivity contribution is -0.131. The van der Waals surface area contributed by atoms with Crippen molar-refractivity contribution in [2.45, 2.75) is 32.6 Å². The Labute approximate surface area is 108 Å². The number of aryl methyl sites for hydroxylation is 1. The molecule has 2 heterocycles. The third-order valence-corrected chi connectivity index (χ3v) is 3.14. The Morgan fingerprint density at radius 1 is 1.39 bits per heavy atom. The van der Waals surface area contributed by atoms with Crippen molar-refractivity contribution in [1.82, 2.24) is 15.1 Å². The average Bonchev–Trinajstić information content (AvgIpc) is 2.40. The van der Waals surface area contributed by atoms with Crippen LogP contribution in [-0.2, 0) is 4.79 Å². The van der Waals surface area contributed by atoms with Crippen LogP contribution in [0.3, 0.4) is 0 Å². The van der Waals surface area contributed by atoms with Crippen molar-refractivity contribution in [3.05, 3.63) is 17.8 Å². The van der Waals surface area contributed by atoms with Gasteiger partial charge in [0.1, 0.15) is 5.82 Å². The molecule has 0 radical (unpaired) electrons. The van der Waals surface area contributed by atoms with Crippen molar-refractivity contribution in [2.75, 3.05) is 25.0 Å². The maximum atomic E-state index is 11.9. The fourth-order valence-electron chi connectivity index (χ4n) is 2.15. The number of amides is 1. The van der Waals surface area contributed by atoms with Crippen LogP contribution in [0.5, 0.6) is 0 Å². The number of carbonyl (C=O) groups excluding carboxylic acids is 1. The summed E-state index contributed by atoms with van der Waals surface area (Å²) < 4.78 is 0. The molecule has 0 aromatic carbocycles. The van der Waals surface area contributed by atoms with Crippen molar-refractivity contribution in [1.29, 1.82) is 0 Å². The van der Waals surface area contributed by atoms with Crippen LogP contribution in [-0.4, -0.2) is 40.6 Å². The van der Waals surface area contributed by atoms with Crippen LogP contribution in [0.25, 0.3) is 0 Å². The zero-order valence-corrected chi connectivity index (χ0v) is 10.9. The minimum atomic E-state index is 0.239. The Morgan fingerprint density at radius 2 is 2.17 bits per heavy atom. The van der Waals surface area contributed by atoms with Crippen molar-refractivity contribution >= 4 is 11.7 Å². The predicted molar refractivity (Wildman–Crippen MR) is 70.3 cm³/mol. The van der Waals surface area contributed by atoms with Crippen LogP contribution in [0.15, 0.2) is 12.3 Å². The minimum absolute atomic E-state index is 0.239. The second-order valence-electron chi connectivity index (χ2n) is 4.74. The van der Waals surface area contributed by atoms with E-state index in [0.29, 0.717) is 13.0 Å². The molecule has 1 aliphatic rings. The van der Waals surface area contributed by atoms with Crippen LogP contribution in [0.1, 0.15) is 31.2 Å². The Hall–Kier alpha value is -1.65. The highest BCUT2D eigenvalue weighted by Gasteiger charge is 2.15. The molecule has 18 heavy (non-hydrogen) atoms. The van der Waals surface area contributed by atoms with Crippen molar-refractivity contribution in [2.24, 2.45) is 0 Å². The van der Waals surface area contributed by atoms with Gasteiger partial charge in [0.15, 0.2) is 0 Å². The molecule has 0 unspecified atom stereocenters. The van der Waals surface area contributed by atoms with E-state index in [9.17, 15) is 4.79 Å². The molecule has 5 heteroatoms. The van der Waals surface area contributed by atoms with E-state index in [1.165, 1.54) is 6.42 Å². The van der Waals surface area contributed by atoms with Gasteiger partial charge in [0.2, 0.25) is 5.91 Å². The van der Waals surface area contributed by atoms with E-state index in [1.807, 2.05) is 17.9 Å². The van der Waals surface area contributed by atoms with Gasteiger partial charge < -0.3 is 10.2 Å². The smallest absolute Gasteiger partial charge is 0.224 e. The molecule has 1 fully saturated rings. The normalized spacial score (nSPS) is 15.5. The van der Waals surface area contributed by atoms with E-state index in [4.69, 9.17) is 0 Å². The second-order valence-corrected chi connectivity index (χ2v) is 4.74. The van der Waals surface area contributed by atoms with Gasteiger partial charge in [0.25, 0.3) is 0 Å². The number of piperidine rings is 1. The number of nitrogens with one attached hydrogen (secondary N) is 1. The maximum Gasteiger partial charge on any atom is 0.224 e. The van der Waals surface area contributed by atoms with Crippen molar-refractivity contribution in [3.63, 3.8) is 0 Å². The molecule has 1 aliphatic heterocycles. The molecular weight excluding hydrogens is 228 g/mol. The van der Waals surface area contributed by atoms with Gasteiger partial charge in [-0.2, -0.15) is 5.10 Å². The Kier molecular flexibility index (Phi) is 4.50. The van der Waals surface area contributed by atoms with E-state index >= 15 is 0 Å². The summed E-state index contributed by atoms with van der Waals surface area (Å²) in [6, 6.07) is 1.93. The highest BCUT2D eigenvalue weighted by Crippen LogP contribution is 2.10. The lowest BCUT2D eigenvalue weighted by atomic mass is 10.1. The summed E-state index contributed by atoms with van der Waals surface area (Å²) in [5, 5.41) is 11.0. The van der Waals surface area contributed by atoms with Crippen LogP contribution in [0.2, 0.25) is 0 Å². The molecule has 0 atom stereocenters. The van der Waals surface area contributed by atoms with Crippen LogP contribution in [0.4, 0.5) is 5.82 Å². The first-order valence-electron chi connectivity index (χ1n) is 6.57. The molecule has 1 saturated heterocycles. The molecular formula is C13H20N4O. The number of nitrogens with zero attached hydrogens (tertiary/aromatic N) is 3. The van der Waals surface area contributed by atoms with Gasteiger partial charge >= 0.3 is 0 Å². The number of anilines is 1. The molecule has 1 aromatic heterocycles. The number of hydrogen-bond donors (Lipinski definition) is 1. The van der Waals surface area contributed by atoms with Crippen LogP contribution < -0.4 is 5.32 Å². The summed E-state index contributed by atoms with van der Waals surface area (Å²) in [5.74, 6) is 0.976. The molecule has 5 nitrogen and oxygen atoms in total. The van der Waals surface area contributed by atoms with Gasteiger partial charge in [0.05, 0.1) is 6.20 Å². The van der Waals surface area contributed by atoms with Gasteiger partial charge in [-0.05, 0) is 37.8 Å². The number of rotatable bonds is 4. The number of likely N-dealkylation sites (tertiary alicyclic amines) is 1. The highest BCUT2D eigenvalue weighted by molar-refractivity contribution is 5.76. The molecule has 1 N–H and O–H groups in total. The summed E-state index contributed by atoms with van der Waals surface area (Å²) in [7, 11) is 0. The fourth-order valence-corrected chi connectivity index (χ4v) is 2.15. The quantitative estimate of drug-likeness (QED) is 0.879. The first-order valence-corrected chi connectivity index (χ1v) is 6.57. The molecule has 0 bridgehead atoms. The SMILES string of the molecule is Cc1cnnc(NCCC(=O)N2CCCCC2)c1. The minimum Gasteiger partial charge on any atom is -0.368 e. The number of carbonyl (C=O) groups is 1. The van der Waals surface area contributed by atoms with Crippen molar-refractivity contribution < 1.29 is 4.79 Å². The third kappa shape index (κ3) is 3.68. The van der Waals surface area contributed by atoms with E-state index in [2.05, 4.69) is 15.5 Å². The Balaban J connectivity index is 1.73. The molecule has 0 aliphatic carbocycles. The van der Waals surface area contributed by atoms with Crippen LogP contribution >= 0.6 is 0 Å². The van der Waals surface area contributed by atoms with Gasteiger partial charge in [-0.25, -0.2) is 0 Å². The topological polar surface area (TPSA) is 58.1 Å². The largest absolute Gasteiger partial charge is 0.368 e. The molecule has 98 valence electrons. The van der Waals surface area contributed by atoms with Crippen LogP contribution in [0, 0.1) is 6.92 Å². The monoisotopic (exact) mass is 248 g/mol. The zero-order valence-electron chi connectivity index (χ0n) is 10.9. The summed E-state index contributed by atoms with van der Waals surface area (Å²) in [6.45, 7) is 4.43. The van der Waals surface area contributed by atoms with Crippen molar-refractivity contribution in [3.8, 4) is 0 Å². The predicted octanol–water partition coefficient (Wildman–Crippen LogP) is 1.60. The summed E-state index contributed by atoms with van der Waals surface area (Å²) in [4.78, 5) is 13.9. The number of aromatic nitrogens is 2. The first-order chi connectivity index (χ1) is 8.75. The van der Waals surface area contributed by atoms with Gasteiger partial charge in [-0.3, -0.25) is 4.79 Å². The standard InChI is InChI=1S/C13H20N4O/c1-11-9-12(16-15-10-11)14-6-5-13(18)17-7-3-2-4-8-17/h9-10H,2-8H2,1H3,(H,14,16). The summed E-state index contributed by atoms with van der Waals surface area (Å²) in [5.41, 5.74) is 1.06. The molecule has 0 spiro atoms. The zero-order chi connectivity index (χ0) is 12.8. The fraction of sp³-hybridized carbons (Fsp3) is 0.615. The number of hydrogen-bond acceptors (Lipinski definition) is 4. The lowest BCUT2D eigenvalue weighted by Gasteiger charge is -2.26. The molecule has 0 saturated carbocycles. The Bertz CT molecular complexity index is 402. The average molecular weight is 248 g/mol. The molecule has 1 aromatic rings. The second kappa shape index (κ2) is 6.33. The summed E-state index contributed by atoms with van der Waals surface area (Å²) in [6.07, 6.45) is 5.77. The molecule has 2 rings (SSSR count). The lowest BCUT2D eigenvalue weighted by Crippen LogP contribution is -2.36. The van der Waals surface area contributed by atoms with Gasteiger partial charge in [-0.15, -0.1) is 5.10 Å². The summed E-state index contributed by atoms with van der Waals surface area (Å²) >= 11 is 0. The first kappa shape index (κ1) is 12.8. The Morgan fingerprint density at radius 3 is 2.89 bits per heavy atom. The van der Waals surface area contributed by atoms with Gasteiger partial charge in [-0.1, -0.05) is 0 Å². The van der Waals surface area contributed by atoms with E-state index in [1.54, 1.807) is 6.20 Å². The van der Waals surface area contributed by atoms with E-state index in [0.717, 1.165) is 37.3 Å². The van der Waals surface area contributed by atoms with Gasteiger partial charge in [0, 0.05) is 26.1 Å². The third-order valence-electron chi connectivity index (χ3n) is 3.14. The highest BCUT2D eigenvalue weighted by atomic mass is 16.2. The molecule has 1 amide bonds. The van der Waals surface area contributed by atoms with E-state index < -0.39 is 0 Å².